The van der Waals surface area contributed by atoms with Crippen LogP contribution in [0.25, 0.3) is 4.85 Å². The third kappa shape index (κ3) is 3.01. The molecule has 0 aromatic heterocycles. The van der Waals surface area contributed by atoms with Crippen molar-refractivity contribution in [1.82, 2.24) is 0 Å². The first kappa shape index (κ1) is 18.6. The number of rotatable bonds is 3. The van der Waals surface area contributed by atoms with E-state index in [-0.39, 0.29) is 0 Å². The van der Waals surface area contributed by atoms with Gasteiger partial charge in [0.15, 0.2) is 11.6 Å². The monoisotopic (exact) mass is 386 g/mol. The van der Waals surface area contributed by atoms with Crippen LogP contribution in [-0.4, -0.2) is 29.2 Å². The number of carboxylic acids is 1. The molecule has 29 heavy (non-hydrogen) atoms. The van der Waals surface area contributed by atoms with Gasteiger partial charge in [0.2, 0.25) is 0 Å². The lowest BCUT2D eigenvalue weighted by Crippen LogP contribution is -2.40. The summed E-state index contributed by atoms with van der Waals surface area (Å²) in [5.74, 6) is -3.74. The molecule has 1 saturated carbocycles. The number of nitrogens with zero attached hydrogens (tertiary/aromatic N) is 2. The summed E-state index contributed by atoms with van der Waals surface area (Å²) in [5, 5.41) is 9.03. The molecule has 1 aliphatic carbocycles. The van der Waals surface area contributed by atoms with E-state index in [1.54, 1.807) is 6.07 Å². The van der Waals surface area contributed by atoms with Crippen LogP contribution in [0.5, 0.6) is 0 Å². The van der Waals surface area contributed by atoms with Crippen LogP contribution in [0.4, 0.5) is 11.4 Å². The van der Waals surface area contributed by atoms with E-state index >= 15 is 0 Å². The molecular weight excluding hydrogens is 368 g/mol. The van der Waals surface area contributed by atoms with Gasteiger partial charge in [0.1, 0.15) is 5.92 Å². The van der Waals surface area contributed by atoms with Crippen molar-refractivity contribution in [3.8, 4) is 0 Å². The molecule has 1 aliphatic heterocycles. The second-order valence-electron chi connectivity index (χ2n) is 7.28. The van der Waals surface area contributed by atoms with Crippen molar-refractivity contribution in [3.05, 3.63) is 81.8 Å². The van der Waals surface area contributed by atoms with Crippen molar-refractivity contribution in [3.63, 3.8) is 0 Å². The number of anilines is 2. The zero-order valence-electron chi connectivity index (χ0n) is 15.8. The topological polar surface area (TPSA) is 79.0 Å². The van der Waals surface area contributed by atoms with Crippen molar-refractivity contribution in [2.24, 2.45) is 0 Å². The zero-order chi connectivity index (χ0) is 20.7. The first-order valence-electron chi connectivity index (χ1n) is 9.33. The van der Waals surface area contributed by atoms with Gasteiger partial charge in [-0.05, 0) is 49.1 Å². The van der Waals surface area contributed by atoms with E-state index in [1.165, 1.54) is 5.56 Å². The van der Waals surface area contributed by atoms with Crippen LogP contribution in [0.3, 0.4) is 0 Å². The number of hydrogen-bond acceptors (Lipinski definition) is 4. The number of aryl methyl sites for hydroxylation is 2. The summed E-state index contributed by atoms with van der Waals surface area (Å²) < 4.78 is 0. The number of hydrogen-bond donors (Lipinski definition) is 1. The van der Waals surface area contributed by atoms with Gasteiger partial charge in [-0.15, -0.1) is 0 Å². The average molecular weight is 386 g/mol. The van der Waals surface area contributed by atoms with Gasteiger partial charge >= 0.3 is 5.97 Å². The molecule has 2 aliphatic rings. The maximum absolute atomic E-state index is 12.5. The smallest absolute Gasteiger partial charge is 0.334 e. The number of fused-ring (bicyclic) bond motifs is 1. The molecule has 0 saturated heterocycles. The summed E-state index contributed by atoms with van der Waals surface area (Å²) in [4.78, 5) is 41.1. The first-order chi connectivity index (χ1) is 13.9. The molecule has 4 rings (SSSR count). The standard InChI is InChI=1S/C23H18N2O4/c1-13-5-8-16(9-6-13)25-11-3-4-14-12-15(7-10-17(14)25)18-21(26)19(22(18)27)20(24-2)23(28)29/h5-10,12,18H,3-4,11H2,1H3,(H,28,29). The molecule has 1 heterocycles. The summed E-state index contributed by atoms with van der Waals surface area (Å²) >= 11 is 0. The van der Waals surface area contributed by atoms with Gasteiger partial charge in [0, 0.05) is 17.9 Å². The fourth-order valence-corrected chi connectivity index (χ4v) is 3.99. The van der Waals surface area contributed by atoms with Crippen LogP contribution in [0.15, 0.2) is 53.7 Å². The Labute approximate surface area is 167 Å². The Hall–Kier alpha value is -3.72. The molecule has 0 spiro atoms. The summed E-state index contributed by atoms with van der Waals surface area (Å²) in [6.07, 6.45) is 1.79. The lowest BCUT2D eigenvalue weighted by atomic mass is 9.71. The average Bonchev–Trinajstić information content (AvgIpc) is 2.71. The highest BCUT2D eigenvalue weighted by atomic mass is 16.4. The SMILES string of the molecule is [C-]#[N+]C(C(=O)O)=C1C(=O)C(c2ccc3c(c2)CCCN3c2ccc(C)cc2)C1=O. The van der Waals surface area contributed by atoms with Crippen LogP contribution < -0.4 is 4.90 Å². The van der Waals surface area contributed by atoms with Crippen LogP contribution in [-0.2, 0) is 20.8 Å². The molecular formula is C23H18N2O4. The number of ketones is 2. The second-order valence-corrected chi connectivity index (χ2v) is 7.28. The first-order valence-corrected chi connectivity index (χ1v) is 9.33. The van der Waals surface area contributed by atoms with Crippen molar-refractivity contribution in [2.75, 3.05) is 11.4 Å². The van der Waals surface area contributed by atoms with Gasteiger partial charge in [-0.3, -0.25) is 14.4 Å². The Kier molecular flexibility index (Phi) is 4.51. The largest absolute Gasteiger partial charge is 0.486 e. The predicted molar refractivity (Wildman–Crippen MR) is 107 cm³/mol. The number of carbonyl (C=O) groups excluding carboxylic acids is 2. The molecule has 144 valence electrons. The fourth-order valence-electron chi connectivity index (χ4n) is 3.99. The van der Waals surface area contributed by atoms with Gasteiger partial charge in [-0.25, -0.2) is 4.85 Å². The highest BCUT2D eigenvalue weighted by Gasteiger charge is 2.48. The minimum atomic E-state index is -1.55. The Balaban J connectivity index is 1.67. The normalized spacial score (nSPS) is 18.0. The molecule has 0 bridgehead atoms. The number of Topliss-reactive ketones (excluding diaryl/α,β-unsaturated/α-hetero) is 2. The Bertz CT molecular complexity index is 1100. The molecule has 1 N–H and O–H groups in total. The minimum Gasteiger partial charge on any atom is -0.486 e. The van der Waals surface area contributed by atoms with Crippen molar-refractivity contribution in [1.29, 1.82) is 0 Å². The van der Waals surface area contributed by atoms with Crippen molar-refractivity contribution < 1.29 is 19.5 Å². The maximum Gasteiger partial charge on any atom is 0.334 e. The quantitative estimate of drug-likeness (QED) is 0.378. The van der Waals surface area contributed by atoms with Gasteiger partial charge < -0.3 is 10.0 Å². The molecule has 2 aromatic rings. The van der Waals surface area contributed by atoms with Crippen molar-refractivity contribution >= 4 is 28.9 Å². The molecule has 0 atom stereocenters. The molecule has 2 aromatic carbocycles. The third-order valence-electron chi connectivity index (χ3n) is 5.47. The van der Waals surface area contributed by atoms with E-state index < -0.39 is 34.7 Å². The summed E-state index contributed by atoms with van der Waals surface area (Å²) in [7, 11) is 0. The summed E-state index contributed by atoms with van der Waals surface area (Å²) in [5.41, 5.74) is 3.65. The maximum atomic E-state index is 12.5. The van der Waals surface area contributed by atoms with Crippen LogP contribution in [0, 0.1) is 13.5 Å². The van der Waals surface area contributed by atoms with Crippen LogP contribution in [0.1, 0.15) is 29.0 Å². The summed E-state index contributed by atoms with van der Waals surface area (Å²) in [6.45, 7) is 9.85. The van der Waals surface area contributed by atoms with E-state index in [0.717, 1.165) is 36.3 Å². The molecule has 6 nitrogen and oxygen atoms in total. The lowest BCUT2D eigenvalue weighted by molar-refractivity contribution is -0.136. The van der Waals surface area contributed by atoms with E-state index in [4.69, 9.17) is 11.7 Å². The van der Waals surface area contributed by atoms with Gasteiger partial charge in [-0.2, -0.15) is 0 Å². The number of aliphatic carboxylic acids is 1. The van der Waals surface area contributed by atoms with Crippen molar-refractivity contribution in [2.45, 2.75) is 25.7 Å². The summed E-state index contributed by atoms with van der Waals surface area (Å²) in [6, 6.07) is 13.8. The van der Waals surface area contributed by atoms with E-state index in [0.29, 0.717) is 5.56 Å². The Morgan fingerprint density at radius 3 is 2.45 bits per heavy atom. The van der Waals surface area contributed by atoms with Gasteiger partial charge in [-0.1, -0.05) is 29.8 Å². The number of carbonyl (C=O) groups is 3. The number of allylic oxidation sites excluding steroid dienone is 1. The molecule has 1 fully saturated rings. The molecule has 0 radical (unpaired) electrons. The highest BCUT2D eigenvalue weighted by Crippen LogP contribution is 2.40. The molecule has 0 amide bonds. The number of benzene rings is 2. The highest BCUT2D eigenvalue weighted by molar-refractivity contribution is 6.43. The Morgan fingerprint density at radius 2 is 1.83 bits per heavy atom. The molecule has 6 heteroatoms. The second kappa shape index (κ2) is 7.02. The van der Waals surface area contributed by atoms with Crippen LogP contribution in [0.2, 0.25) is 0 Å². The van der Waals surface area contributed by atoms with E-state index in [2.05, 4.69) is 34.0 Å². The van der Waals surface area contributed by atoms with Gasteiger partial charge in [0.05, 0.1) is 12.1 Å². The minimum absolute atomic E-state index is 0.489. The van der Waals surface area contributed by atoms with Gasteiger partial charge in [0.25, 0.3) is 5.70 Å². The number of carboxylic acid groups (broad SMARTS) is 1. The fraction of sp³-hybridized carbons (Fsp3) is 0.217. The van der Waals surface area contributed by atoms with E-state index in [1.807, 2.05) is 19.1 Å². The van der Waals surface area contributed by atoms with E-state index in [9.17, 15) is 14.4 Å². The van der Waals surface area contributed by atoms with Crippen LogP contribution >= 0.6 is 0 Å². The molecule has 0 unspecified atom stereocenters. The zero-order valence-corrected chi connectivity index (χ0v) is 15.8. The lowest BCUT2D eigenvalue weighted by Gasteiger charge is -2.33. The Morgan fingerprint density at radius 1 is 1.14 bits per heavy atom. The third-order valence-corrected chi connectivity index (χ3v) is 5.47. The predicted octanol–water partition coefficient (Wildman–Crippen LogP) is 3.57.